The summed E-state index contributed by atoms with van der Waals surface area (Å²) in [7, 11) is 0. The Morgan fingerprint density at radius 2 is 2.16 bits per heavy atom. The number of hydrogen-bond donors (Lipinski definition) is 0. The molecule has 0 bridgehead atoms. The summed E-state index contributed by atoms with van der Waals surface area (Å²) in [4.78, 5) is 15.2. The van der Waals surface area contributed by atoms with Gasteiger partial charge in [-0.05, 0) is 31.4 Å². The normalized spacial score (nSPS) is 10.9. The van der Waals surface area contributed by atoms with E-state index in [4.69, 9.17) is 0 Å². The van der Waals surface area contributed by atoms with Gasteiger partial charge in [-0.1, -0.05) is 19.9 Å². The molecule has 0 N–H and O–H groups in total. The zero-order valence-corrected chi connectivity index (χ0v) is 11.6. The molecule has 0 atom stereocenters. The van der Waals surface area contributed by atoms with Gasteiger partial charge in [-0.15, -0.1) is 0 Å². The molecule has 100 valence electrons. The number of carbonyl (C=O) groups is 1. The van der Waals surface area contributed by atoms with Gasteiger partial charge in [0.05, 0.1) is 5.69 Å². The van der Waals surface area contributed by atoms with E-state index in [2.05, 4.69) is 23.9 Å². The second-order valence-corrected chi connectivity index (χ2v) is 5.08. The van der Waals surface area contributed by atoms with E-state index < -0.39 is 0 Å². The van der Waals surface area contributed by atoms with Crippen LogP contribution < -0.4 is 0 Å². The van der Waals surface area contributed by atoms with Gasteiger partial charge in [0.25, 0.3) is 0 Å². The van der Waals surface area contributed by atoms with E-state index in [0.717, 1.165) is 35.5 Å². The van der Waals surface area contributed by atoms with Crippen LogP contribution in [0, 0.1) is 12.8 Å². The summed E-state index contributed by atoms with van der Waals surface area (Å²) in [6, 6.07) is 5.73. The van der Waals surface area contributed by atoms with Crippen molar-refractivity contribution in [2.45, 2.75) is 33.6 Å². The first-order chi connectivity index (χ1) is 9.13. The lowest BCUT2D eigenvalue weighted by molar-refractivity contribution is -0.107. The average Bonchev–Trinajstić information content (AvgIpc) is 2.68. The topological polar surface area (TPSA) is 47.8 Å². The molecule has 2 heterocycles. The van der Waals surface area contributed by atoms with Crippen LogP contribution in [0.1, 0.15) is 30.8 Å². The lowest BCUT2D eigenvalue weighted by Gasteiger charge is -2.02. The fraction of sp³-hybridized carbons (Fsp3) is 0.400. The van der Waals surface area contributed by atoms with Crippen LogP contribution in [0.2, 0.25) is 0 Å². The molecule has 0 aliphatic heterocycles. The van der Waals surface area contributed by atoms with Crippen LogP contribution in [0.3, 0.4) is 0 Å². The van der Waals surface area contributed by atoms with Crippen LogP contribution in [0.5, 0.6) is 0 Å². The molecule has 0 radical (unpaired) electrons. The first kappa shape index (κ1) is 13.5. The number of hydrogen-bond acceptors (Lipinski definition) is 3. The summed E-state index contributed by atoms with van der Waals surface area (Å²) in [5.41, 5.74) is 3.04. The van der Waals surface area contributed by atoms with Crippen molar-refractivity contribution in [1.82, 2.24) is 14.8 Å². The van der Waals surface area contributed by atoms with E-state index in [-0.39, 0.29) is 0 Å². The lowest BCUT2D eigenvalue weighted by atomic mass is 10.0. The number of nitrogens with zero attached hydrogens (tertiary/aromatic N) is 3. The van der Waals surface area contributed by atoms with Crippen LogP contribution >= 0.6 is 0 Å². The fourth-order valence-electron chi connectivity index (χ4n) is 2.19. The van der Waals surface area contributed by atoms with Crippen molar-refractivity contribution in [3.05, 3.63) is 41.3 Å². The SMILES string of the molecule is Cc1c(CC=O)c(CC(C)C)nn1-c1ccccn1. The van der Waals surface area contributed by atoms with Gasteiger partial charge >= 0.3 is 0 Å². The highest BCUT2D eigenvalue weighted by Crippen LogP contribution is 2.20. The molecule has 19 heavy (non-hydrogen) atoms. The van der Waals surface area contributed by atoms with E-state index in [1.54, 1.807) is 6.20 Å². The molecule has 2 rings (SSSR count). The van der Waals surface area contributed by atoms with Crippen LogP contribution in [-0.2, 0) is 17.6 Å². The summed E-state index contributed by atoms with van der Waals surface area (Å²) < 4.78 is 1.83. The minimum atomic E-state index is 0.417. The molecule has 2 aromatic heterocycles. The van der Waals surface area contributed by atoms with Gasteiger partial charge in [0.15, 0.2) is 5.82 Å². The monoisotopic (exact) mass is 257 g/mol. The maximum absolute atomic E-state index is 10.9. The second kappa shape index (κ2) is 5.78. The quantitative estimate of drug-likeness (QED) is 0.773. The fourth-order valence-corrected chi connectivity index (χ4v) is 2.19. The van der Waals surface area contributed by atoms with Gasteiger partial charge in [-0.2, -0.15) is 5.10 Å². The molecule has 0 amide bonds. The van der Waals surface area contributed by atoms with Crippen molar-refractivity contribution in [3.8, 4) is 5.82 Å². The summed E-state index contributed by atoms with van der Waals surface area (Å²) in [5.74, 6) is 1.30. The Balaban J connectivity index is 2.48. The number of rotatable bonds is 5. The Morgan fingerprint density at radius 3 is 2.74 bits per heavy atom. The van der Waals surface area contributed by atoms with Crippen molar-refractivity contribution in [1.29, 1.82) is 0 Å². The van der Waals surface area contributed by atoms with Crippen molar-refractivity contribution in [2.75, 3.05) is 0 Å². The zero-order chi connectivity index (χ0) is 13.8. The molecule has 0 saturated heterocycles. The first-order valence-corrected chi connectivity index (χ1v) is 6.56. The molecule has 0 aliphatic rings. The third-order valence-corrected chi connectivity index (χ3v) is 3.08. The predicted octanol–water partition coefficient (Wildman–Crippen LogP) is 2.52. The summed E-state index contributed by atoms with van der Waals surface area (Å²) >= 11 is 0. The standard InChI is InChI=1S/C15H19N3O/c1-11(2)10-14-13(7-9-19)12(3)18(17-14)15-6-4-5-8-16-15/h4-6,8-9,11H,7,10H2,1-3H3. The minimum absolute atomic E-state index is 0.417. The second-order valence-electron chi connectivity index (χ2n) is 5.08. The smallest absolute Gasteiger partial charge is 0.153 e. The summed E-state index contributed by atoms with van der Waals surface area (Å²) in [6.45, 7) is 6.30. The van der Waals surface area contributed by atoms with E-state index in [1.807, 2.05) is 29.8 Å². The van der Waals surface area contributed by atoms with E-state index in [0.29, 0.717) is 12.3 Å². The Labute approximate surface area is 113 Å². The third kappa shape index (κ3) is 2.89. The largest absolute Gasteiger partial charge is 0.303 e. The summed E-state index contributed by atoms with van der Waals surface area (Å²) in [5, 5.41) is 4.63. The predicted molar refractivity (Wildman–Crippen MR) is 74.4 cm³/mol. The van der Waals surface area contributed by atoms with Gasteiger partial charge in [0.1, 0.15) is 6.29 Å². The highest BCUT2D eigenvalue weighted by molar-refractivity contribution is 5.57. The van der Waals surface area contributed by atoms with Crippen LogP contribution in [0.4, 0.5) is 0 Å². The van der Waals surface area contributed by atoms with Crippen LogP contribution in [0.25, 0.3) is 5.82 Å². The Hall–Kier alpha value is -1.97. The van der Waals surface area contributed by atoms with Gasteiger partial charge in [-0.3, -0.25) is 0 Å². The number of aldehydes is 1. The van der Waals surface area contributed by atoms with Crippen LogP contribution in [-0.4, -0.2) is 21.1 Å². The molecular formula is C15H19N3O. The van der Waals surface area contributed by atoms with Crippen molar-refractivity contribution < 1.29 is 4.79 Å². The van der Waals surface area contributed by atoms with E-state index in [9.17, 15) is 4.79 Å². The maximum atomic E-state index is 10.9. The van der Waals surface area contributed by atoms with Crippen molar-refractivity contribution >= 4 is 6.29 Å². The van der Waals surface area contributed by atoms with Crippen LogP contribution in [0.15, 0.2) is 24.4 Å². The average molecular weight is 257 g/mol. The molecule has 4 heteroatoms. The minimum Gasteiger partial charge on any atom is -0.303 e. The van der Waals surface area contributed by atoms with Crippen molar-refractivity contribution in [3.63, 3.8) is 0 Å². The summed E-state index contributed by atoms with van der Waals surface area (Å²) in [6.07, 6.45) is 3.99. The lowest BCUT2D eigenvalue weighted by Crippen LogP contribution is -2.02. The number of aromatic nitrogens is 3. The van der Waals surface area contributed by atoms with E-state index in [1.165, 1.54) is 0 Å². The Morgan fingerprint density at radius 1 is 1.37 bits per heavy atom. The highest BCUT2D eigenvalue weighted by Gasteiger charge is 2.16. The third-order valence-electron chi connectivity index (χ3n) is 3.08. The molecule has 0 fully saturated rings. The molecule has 0 unspecified atom stereocenters. The molecule has 0 saturated carbocycles. The molecule has 0 spiro atoms. The number of carbonyl (C=O) groups excluding carboxylic acids is 1. The first-order valence-electron chi connectivity index (χ1n) is 6.56. The Bertz CT molecular complexity index is 558. The van der Waals surface area contributed by atoms with Gasteiger partial charge in [0.2, 0.25) is 0 Å². The molecule has 0 aromatic carbocycles. The van der Waals surface area contributed by atoms with Crippen molar-refractivity contribution in [2.24, 2.45) is 5.92 Å². The van der Waals surface area contributed by atoms with E-state index >= 15 is 0 Å². The van der Waals surface area contributed by atoms with Gasteiger partial charge < -0.3 is 4.79 Å². The van der Waals surface area contributed by atoms with Gasteiger partial charge in [0, 0.05) is 23.9 Å². The maximum Gasteiger partial charge on any atom is 0.153 e. The van der Waals surface area contributed by atoms with Gasteiger partial charge in [-0.25, -0.2) is 9.67 Å². The zero-order valence-electron chi connectivity index (χ0n) is 11.6. The molecule has 2 aromatic rings. The highest BCUT2D eigenvalue weighted by atomic mass is 16.1. The number of pyridine rings is 1. The molecule has 4 nitrogen and oxygen atoms in total. The molecule has 0 aliphatic carbocycles. The Kier molecular flexibility index (Phi) is 4.10. The molecular weight excluding hydrogens is 238 g/mol.